The molecular formula is C30H24N4O5. The third-order valence-corrected chi connectivity index (χ3v) is 6.21. The van der Waals surface area contributed by atoms with Gasteiger partial charge in [-0.2, -0.15) is 0 Å². The van der Waals surface area contributed by atoms with Crippen molar-refractivity contribution >= 4 is 45.0 Å². The first kappa shape index (κ1) is 25.4. The lowest BCUT2D eigenvalue weighted by Gasteiger charge is -2.14. The van der Waals surface area contributed by atoms with Crippen molar-refractivity contribution in [2.24, 2.45) is 0 Å². The number of hydrogen-bond donors (Lipinski definition) is 3. The zero-order valence-corrected chi connectivity index (χ0v) is 20.7. The van der Waals surface area contributed by atoms with Gasteiger partial charge in [-0.3, -0.25) is 25.1 Å². The second-order valence-electron chi connectivity index (χ2n) is 8.82. The fraction of sp³-hybridized carbons (Fsp3) is 0.0667. The van der Waals surface area contributed by atoms with Crippen LogP contribution in [0.3, 0.4) is 0 Å². The Kier molecular flexibility index (Phi) is 7.42. The van der Waals surface area contributed by atoms with Crippen LogP contribution in [0.4, 0.5) is 11.4 Å². The predicted molar refractivity (Wildman–Crippen MR) is 150 cm³/mol. The molecule has 0 saturated heterocycles. The summed E-state index contributed by atoms with van der Waals surface area (Å²) in [5.74, 6) is -0.408. The van der Waals surface area contributed by atoms with E-state index in [2.05, 4.69) is 10.3 Å². The van der Waals surface area contributed by atoms with Crippen LogP contribution < -0.4 is 15.5 Å². The van der Waals surface area contributed by atoms with Crippen LogP contribution in [0, 0.1) is 10.1 Å². The molecule has 9 nitrogen and oxygen atoms in total. The van der Waals surface area contributed by atoms with Crippen molar-refractivity contribution in [3.05, 3.63) is 124 Å². The molecule has 0 atom stereocenters. The molecule has 0 spiro atoms. The number of ether oxygens (including phenoxy) is 1. The van der Waals surface area contributed by atoms with Crippen molar-refractivity contribution < 1.29 is 19.7 Å². The first-order chi connectivity index (χ1) is 19.0. The summed E-state index contributed by atoms with van der Waals surface area (Å²) in [5, 5.41) is 26.5. The predicted octanol–water partition coefficient (Wildman–Crippen LogP) is 5.99. The quantitative estimate of drug-likeness (QED) is 0.124. The van der Waals surface area contributed by atoms with Gasteiger partial charge < -0.3 is 10.1 Å². The molecule has 1 aromatic heterocycles. The van der Waals surface area contributed by atoms with Crippen molar-refractivity contribution in [1.82, 2.24) is 10.5 Å². The van der Waals surface area contributed by atoms with Crippen LogP contribution in [-0.4, -0.2) is 34.2 Å². The number of benzene rings is 4. The lowest BCUT2D eigenvalue weighted by Crippen LogP contribution is -2.18. The SMILES string of the molecule is O=C(NO)c1ccc(/C=C(\CNc2cnc3ccccc3c2)COc2c([N+](=O)[O-])ccc3ccccc23)cc1. The van der Waals surface area contributed by atoms with E-state index in [-0.39, 0.29) is 18.0 Å². The maximum atomic E-state index is 11.8. The van der Waals surface area contributed by atoms with Crippen molar-refractivity contribution in [2.45, 2.75) is 0 Å². The molecule has 0 bridgehead atoms. The standard InChI is InChI=1S/C30H24N4O5/c35-30(33-36)23-11-9-20(10-12-23)15-21(17-31-25-16-24-6-2-4-8-27(24)32-18-25)19-39-29-26-7-3-1-5-22(26)13-14-28(29)34(37)38/h1-16,18,31,36H,17,19H2,(H,33,35)/b21-15+. The Morgan fingerprint density at radius 2 is 1.72 bits per heavy atom. The Morgan fingerprint density at radius 3 is 2.49 bits per heavy atom. The minimum Gasteiger partial charge on any atom is -0.482 e. The van der Waals surface area contributed by atoms with E-state index in [1.165, 1.54) is 6.07 Å². The van der Waals surface area contributed by atoms with Gasteiger partial charge in [-0.15, -0.1) is 0 Å². The highest BCUT2D eigenvalue weighted by Gasteiger charge is 2.19. The van der Waals surface area contributed by atoms with E-state index in [9.17, 15) is 14.9 Å². The van der Waals surface area contributed by atoms with E-state index in [1.807, 2.05) is 54.6 Å². The number of amides is 1. The average Bonchev–Trinajstić information content (AvgIpc) is 2.98. The normalized spacial score (nSPS) is 11.4. The third kappa shape index (κ3) is 5.84. The first-order valence-electron chi connectivity index (χ1n) is 12.1. The number of nitro groups is 1. The molecule has 0 aliphatic carbocycles. The minimum atomic E-state index is -0.608. The van der Waals surface area contributed by atoms with E-state index < -0.39 is 10.8 Å². The van der Waals surface area contributed by atoms with Crippen molar-refractivity contribution in [3.63, 3.8) is 0 Å². The van der Waals surface area contributed by atoms with E-state index in [4.69, 9.17) is 9.94 Å². The topological polar surface area (TPSA) is 127 Å². The second-order valence-corrected chi connectivity index (χ2v) is 8.82. The molecule has 0 unspecified atom stereocenters. The van der Waals surface area contributed by atoms with Crippen LogP contribution in [-0.2, 0) is 0 Å². The Balaban J connectivity index is 1.44. The number of para-hydroxylation sites is 1. The summed E-state index contributed by atoms with van der Waals surface area (Å²) >= 11 is 0. The molecule has 9 heteroatoms. The van der Waals surface area contributed by atoms with Gasteiger partial charge in [0.1, 0.15) is 6.61 Å². The van der Waals surface area contributed by atoms with Gasteiger partial charge in [0.25, 0.3) is 5.91 Å². The molecule has 1 heterocycles. The van der Waals surface area contributed by atoms with Crippen molar-refractivity contribution in [2.75, 3.05) is 18.5 Å². The number of hydroxylamine groups is 1. The number of anilines is 1. The lowest BCUT2D eigenvalue weighted by molar-refractivity contribution is -0.385. The molecule has 1 amide bonds. The minimum absolute atomic E-state index is 0.0712. The monoisotopic (exact) mass is 520 g/mol. The number of aromatic nitrogens is 1. The summed E-state index contributed by atoms with van der Waals surface area (Å²) in [7, 11) is 0. The van der Waals surface area contributed by atoms with E-state index in [0.29, 0.717) is 17.5 Å². The summed E-state index contributed by atoms with van der Waals surface area (Å²) in [6.07, 6.45) is 3.64. The zero-order valence-electron chi connectivity index (χ0n) is 20.7. The highest BCUT2D eigenvalue weighted by molar-refractivity contribution is 5.93. The summed E-state index contributed by atoms with van der Waals surface area (Å²) in [6.45, 7) is 0.444. The third-order valence-electron chi connectivity index (χ3n) is 6.21. The summed E-state index contributed by atoms with van der Waals surface area (Å²) < 4.78 is 6.12. The summed E-state index contributed by atoms with van der Waals surface area (Å²) in [4.78, 5) is 27.5. The Labute approximate surface area is 223 Å². The smallest absolute Gasteiger partial charge is 0.311 e. The molecule has 0 aliphatic rings. The number of nitrogens with zero attached hydrogens (tertiary/aromatic N) is 2. The van der Waals surface area contributed by atoms with Crippen LogP contribution in [0.2, 0.25) is 0 Å². The van der Waals surface area contributed by atoms with Gasteiger partial charge in [-0.05, 0) is 46.9 Å². The number of carbonyl (C=O) groups is 1. The van der Waals surface area contributed by atoms with Crippen molar-refractivity contribution in [3.8, 4) is 5.75 Å². The molecule has 0 fully saturated rings. The van der Waals surface area contributed by atoms with Crippen molar-refractivity contribution in [1.29, 1.82) is 0 Å². The van der Waals surface area contributed by atoms with Crippen LogP contribution in [0.5, 0.6) is 5.75 Å². The average molecular weight is 521 g/mol. The van der Waals surface area contributed by atoms with Gasteiger partial charge in [-0.1, -0.05) is 60.7 Å². The molecule has 0 saturated carbocycles. The molecule has 0 aliphatic heterocycles. The number of pyridine rings is 1. The van der Waals surface area contributed by atoms with Crippen LogP contribution in [0.25, 0.3) is 27.8 Å². The van der Waals surface area contributed by atoms with E-state index in [0.717, 1.165) is 33.1 Å². The van der Waals surface area contributed by atoms with E-state index in [1.54, 1.807) is 48.1 Å². The van der Waals surface area contributed by atoms with Crippen LogP contribution >= 0.6 is 0 Å². The Morgan fingerprint density at radius 1 is 0.974 bits per heavy atom. The summed E-state index contributed by atoms with van der Waals surface area (Å²) in [5.41, 5.74) is 5.09. The molecule has 3 N–H and O–H groups in total. The number of fused-ring (bicyclic) bond motifs is 2. The van der Waals surface area contributed by atoms with Crippen LogP contribution in [0.1, 0.15) is 15.9 Å². The maximum Gasteiger partial charge on any atom is 0.311 e. The highest BCUT2D eigenvalue weighted by atomic mass is 16.6. The number of rotatable bonds is 9. The van der Waals surface area contributed by atoms with Gasteiger partial charge in [0.05, 0.1) is 22.3 Å². The first-order valence-corrected chi connectivity index (χ1v) is 12.1. The molecule has 5 aromatic rings. The largest absolute Gasteiger partial charge is 0.482 e. The van der Waals surface area contributed by atoms with Gasteiger partial charge in [0.15, 0.2) is 0 Å². The summed E-state index contributed by atoms with van der Waals surface area (Å²) in [6, 6.07) is 27.0. The molecule has 0 radical (unpaired) electrons. The van der Waals surface area contributed by atoms with Gasteiger partial charge in [-0.25, -0.2) is 5.48 Å². The van der Waals surface area contributed by atoms with Gasteiger partial charge >= 0.3 is 5.69 Å². The Bertz CT molecular complexity index is 1700. The van der Waals surface area contributed by atoms with Gasteiger partial charge in [0.2, 0.25) is 5.75 Å². The number of carbonyl (C=O) groups excluding carboxylic acids is 1. The van der Waals surface area contributed by atoms with Gasteiger partial charge in [0, 0.05) is 28.9 Å². The fourth-order valence-electron chi connectivity index (χ4n) is 4.25. The molecule has 4 aromatic carbocycles. The highest BCUT2D eigenvalue weighted by Crippen LogP contribution is 2.35. The fourth-order valence-corrected chi connectivity index (χ4v) is 4.25. The van der Waals surface area contributed by atoms with Crippen LogP contribution in [0.15, 0.2) is 103 Å². The molecular weight excluding hydrogens is 496 g/mol. The Hall–Kier alpha value is -5.28. The second kappa shape index (κ2) is 11.4. The molecule has 5 rings (SSSR count). The number of nitrogens with one attached hydrogen (secondary N) is 2. The van der Waals surface area contributed by atoms with E-state index >= 15 is 0 Å². The maximum absolute atomic E-state index is 11.8. The number of nitro benzene ring substituents is 1. The molecule has 39 heavy (non-hydrogen) atoms. The zero-order chi connectivity index (χ0) is 27.2. The lowest BCUT2D eigenvalue weighted by atomic mass is 10.1. The number of hydrogen-bond acceptors (Lipinski definition) is 7. The molecule has 194 valence electrons.